The van der Waals surface area contributed by atoms with Gasteiger partial charge in [0.1, 0.15) is 0 Å². The zero-order valence-electron chi connectivity index (χ0n) is 21.2. The Hall–Kier alpha value is -2.43. The van der Waals surface area contributed by atoms with E-state index >= 15 is 0 Å². The van der Waals surface area contributed by atoms with E-state index in [1.165, 1.54) is 11.3 Å². The molecular formula is C29H38N2O3. The number of hydrogen-bond acceptors (Lipinski definition) is 3. The summed E-state index contributed by atoms with van der Waals surface area (Å²) in [5.41, 5.74) is 4.16. The molecule has 3 fully saturated rings. The van der Waals surface area contributed by atoms with Gasteiger partial charge in [-0.25, -0.2) is 0 Å². The van der Waals surface area contributed by atoms with E-state index in [1.807, 2.05) is 24.1 Å². The number of amides is 2. The number of fused-ring (bicyclic) bond motifs is 5. The van der Waals surface area contributed by atoms with Gasteiger partial charge >= 0.3 is 0 Å². The molecule has 0 unspecified atom stereocenters. The van der Waals surface area contributed by atoms with Gasteiger partial charge in [0.2, 0.25) is 11.8 Å². The Bertz CT molecular complexity index is 1070. The minimum absolute atomic E-state index is 0.00903. The first-order valence-corrected chi connectivity index (χ1v) is 12.9. The summed E-state index contributed by atoms with van der Waals surface area (Å²) in [6.07, 6.45) is 6.88. The number of rotatable bonds is 3. The second-order valence-corrected chi connectivity index (χ2v) is 11.9. The van der Waals surface area contributed by atoms with Crippen LogP contribution in [-0.4, -0.2) is 29.5 Å². The van der Waals surface area contributed by atoms with Crippen LogP contribution in [0.4, 0.5) is 5.69 Å². The van der Waals surface area contributed by atoms with Crippen LogP contribution in [-0.2, 0) is 9.59 Å². The number of carbonyl (C=O) groups is 3. The third-order valence-corrected chi connectivity index (χ3v) is 10.2. The minimum atomic E-state index is 0.00903. The molecule has 34 heavy (non-hydrogen) atoms. The molecule has 3 aliphatic carbocycles. The molecule has 1 aliphatic heterocycles. The van der Waals surface area contributed by atoms with Crippen LogP contribution in [0.3, 0.4) is 0 Å². The van der Waals surface area contributed by atoms with Crippen LogP contribution < -0.4 is 5.32 Å². The second-order valence-electron chi connectivity index (χ2n) is 11.9. The number of Topliss-reactive ketones (excluding diaryl/α,β-unsaturated/α-hetero) is 1. The second kappa shape index (κ2) is 8.07. The van der Waals surface area contributed by atoms with Gasteiger partial charge in [-0.3, -0.25) is 14.4 Å². The van der Waals surface area contributed by atoms with Gasteiger partial charge in [-0.15, -0.1) is 0 Å². The molecule has 1 N–H and O–H groups in total. The van der Waals surface area contributed by atoms with Gasteiger partial charge in [-0.05, 0) is 99.8 Å². The zero-order chi connectivity index (χ0) is 24.4. The molecule has 4 aliphatic rings. The van der Waals surface area contributed by atoms with Crippen LogP contribution in [0.1, 0.15) is 83.0 Å². The quantitative estimate of drug-likeness (QED) is 0.575. The third kappa shape index (κ3) is 3.37. The highest BCUT2D eigenvalue weighted by molar-refractivity contribution is 5.96. The number of likely N-dealkylation sites (tertiary alicyclic amines) is 1. The first kappa shape index (κ1) is 23.3. The molecule has 0 bridgehead atoms. The highest BCUT2D eigenvalue weighted by atomic mass is 16.2. The standard InChI is InChI=1S/C29H38N2O3/c1-17-16-21-22-10-11-24(27(34)30-20-8-6-19(7-9-20)18(2)32)28(22,3)14-12-23(21)29(4)15-13-25(33)31(5)26(17)29/h6-9,21-24H,10-16H2,1-5H3,(H,30,34)/t21-,22-,23-,24+,28-,29+/m0/s1. The van der Waals surface area contributed by atoms with Crippen molar-refractivity contribution in [2.24, 2.45) is 34.5 Å². The van der Waals surface area contributed by atoms with Gasteiger partial charge in [-0.1, -0.05) is 19.4 Å². The Morgan fingerprint density at radius 3 is 2.41 bits per heavy atom. The molecule has 0 aromatic heterocycles. The maximum absolute atomic E-state index is 13.5. The average Bonchev–Trinajstić information content (AvgIpc) is 3.14. The smallest absolute Gasteiger partial charge is 0.228 e. The minimum Gasteiger partial charge on any atom is -0.326 e. The van der Waals surface area contributed by atoms with Crippen molar-refractivity contribution < 1.29 is 14.4 Å². The van der Waals surface area contributed by atoms with E-state index in [4.69, 9.17) is 0 Å². The number of benzene rings is 1. The van der Waals surface area contributed by atoms with Gasteiger partial charge in [0.05, 0.1) is 0 Å². The number of ketones is 1. The monoisotopic (exact) mass is 462 g/mol. The summed E-state index contributed by atoms with van der Waals surface area (Å²) >= 11 is 0. The lowest BCUT2D eigenvalue weighted by Gasteiger charge is -2.59. The summed E-state index contributed by atoms with van der Waals surface area (Å²) in [6, 6.07) is 7.23. The van der Waals surface area contributed by atoms with Crippen molar-refractivity contribution >= 4 is 23.3 Å². The van der Waals surface area contributed by atoms with Crippen LogP contribution in [0.15, 0.2) is 35.5 Å². The fraction of sp³-hybridized carbons (Fsp3) is 0.621. The van der Waals surface area contributed by atoms with E-state index in [0.29, 0.717) is 29.7 Å². The lowest BCUT2D eigenvalue weighted by atomic mass is 9.48. The normalized spacial score (nSPS) is 37.1. The SMILES string of the molecule is CC(=O)c1ccc(NC(=O)[C@H]2CC[C@H]3[C@@H]4CC(C)=C5N(C)C(=O)CC[C@]5(C)[C@H]4CC[C@]23C)cc1. The molecule has 1 heterocycles. The van der Waals surface area contributed by atoms with Gasteiger partial charge in [0, 0.05) is 41.7 Å². The Morgan fingerprint density at radius 1 is 1.03 bits per heavy atom. The van der Waals surface area contributed by atoms with E-state index in [2.05, 4.69) is 26.1 Å². The first-order valence-electron chi connectivity index (χ1n) is 12.9. The van der Waals surface area contributed by atoms with Crippen LogP contribution in [0.2, 0.25) is 0 Å². The highest BCUT2D eigenvalue weighted by Gasteiger charge is 2.61. The molecule has 1 aromatic carbocycles. The Kier molecular flexibility index (Phi) is 5.53. The van der Waals surface area contributed by atoms with E-state index in [-0.39, 0.29) is 34.3 Å². The van der Waals surface area contributed by atoms with Gasteiger partial charge < -0.3 is 10.2 Å². The number of nitrogens with one attached hydrogen (secondary N) is 1. The highest BCUT2D eigenvalue weighted by Crippen LogP contribution is 2.66. The number of carbonyl (C=O) groups excluding carboxylic acids is 3. The molecule has 2 saturated carbocycles. The molecule has 5 heteroatoms. The summed E-state index contributed by atoms with van der Waals surface area (Å²) < 4.78 is 0. The Balaban J connectivity index is 1.38. The Labute approximate surface area is 203 Å². The van der Waals surface area contributed by atoms with Crippen molar-refractivity contribution in [3.63, 3.8) is 0 Å². The molecule has 5 rings (SSSR count). The fourth-order valence-electron chi connectivity index (χ4n) is 8.56. The molecule has 182 valence electrons. The lowest BCUT2D eigenvalue weighted by molar-refractivity contribution is -0.137. The zero-order valence-corrected chi connectivity index (χ0v) is 21.2. The third-order valence-electron chi connectivity index (χ3n) is 10.2. The summed E-state index contributed by atoms with van der Waals surface area (Å²) in [5, 5.41) is 3.15. The maximum Gasteiger partial charge on any atom is 0.228 e. The number of allylic oxidation sites excluding steroid dienone is 2. The van der Waals surface area contributed by atoms with Crippen molar-refractivity contribution in [3.8, 4) is 0 Å². The summed E-state index contributed by atoms with van der Waals surface area (Å²) in [5.74, 6) is 2.13. The van der Waals surface area contributed by atoms with Crippen molar-refractivity contribution in [2.75, 3.05) is 12.4 Å². The maximum atomic E-state index is 13.5. The summed E-state index contributed by atoms with van der Waals surface area (Å²) in [6.45, 7) is 8.54. The number of piperidine rings is 1. The first-order chi connectivity index (χ1) is 16.1. The fourth-order valence-corrected chi connectivity index (χ4v) is 8.56. The van der Waals surface area contributed by atoms with E-state index < -0.39 is 0 Å². The molecule has 6 atom stereocenters. The predicted octanol–water partition coefficient (Wildman–Crippen LogP) is 5.82. The van der Waals surface area contributed by atoms with Crippen LogP contribution in [0.25, 0.3) is 0 Å². The van der Waals surface area contributed by atoms with Crippen LogP contribution in [0, 0.1) is 34.5 Å². The van der Waals surface area contributed by atoms with Crippen molar-refractivity contribution in [2.45, 2.75) is 72.6 Å². The molecule has 1 aromatic rings. The van der Waals surface area contributed by atoms with Crippen LogP contribution >= 0.6 is 0 Å². The molecule has 0 radical (unpaired) electrons. The topological polar surface area (TPSA) is 66.5 Å². The molecular weight excluding hydrogens is 424 g/mol. The molecule has 5 nitrogen and oxygen atoms in total. The number of hydrogen-bond donors (Lipinski definition) is 1. The number of nitrogens with zero attached hydrogens (tertiary/aromatic N) is 1. The predicted molar refractivity (Wildman–Crippen MR) is 133 cm³/mol. The van der Waals surface area contributed by atoms with Gasteiger partial charge in [0.15, 0.2) is 5.78 Å². The molecule has 0 spiro atoms. The van der Waals surface area contributed by atoms with Crippen molar-refractivity contribution in [3.05, 3.63) is 41.1 Å². The van der Waals surface area contributed by atoms with Crippen LogP contribution in [0.5, 0.6) is 0 Å². The molecule has 1 saturated heterocycles. The summed E-state index contributed by atoms with van der Waals surface area (Å²) in [4.78, 5) is 39.4. The average molecular weight is 463 g/mol. The Morgan fingerprint density at radius 2 is 1.74 bits per heavy atom. The molecule has 2 amide bonds. The van der Waals surface area contributed by atoms with E-state index in [0.717, 1.165) is 44.2 Å². The lowest BCUT2D eigenvalue weighted by Crippen LogP contribution is -2.54. The van der Waals surface area contributed by atoms with Crippen molar-refractivity contribution in [1.82, 2.24) is 4.90 Å². The summed E-state index contributed by atoms with van der Waals surface area (Å²) in [7, 11) is 1.96. The van der Waals surface area contributed by atoms with E-state index in [1.54, 1.807) is 19.1 Å². The number of anilines is 1. The van der Waals surface area contributed by atoms with Gasteiger partial charge in [0.25, 0.3) is 0 Å². The van der Waals surface area contributed by atoms with Gasteiger partial charge in [-0.2, -0.15) is 0 Å². The largest absolute Gasteiger partial charge is 0.326 e. The van der Waals surface area contributed by atoms with Crippen molar-refractivity contribution in [1.29, 1.82) is 0 Å². The van der Waals surface area contributed by atoms with E-state index in [9.17, 15) is 14.4 Å².